The number of alkyl halides is 2. The van der Waals surface area contributed by atoms with E-state index < -0.39 is 17.6 Å². The van der Waals surface area contributed by atoms with Crippen LogP contribution in [0.25, 0.3) is 0 Å². The van der Waals surface area contributed by atoms with Gasteiger partial charge >= 0.3 is 0 Å². The van der Waals surface area contributed by atoms with Crippen LogP contribution in [0.15, 0.2) is 12.7 Å². The summed E-state index contributed by atoms with van der Waals surface area (Å²) in [5, 5.41) is 9.25. The van der Waals surface area contributed by atoms with Crippen molar-refractivity contribution >= 4 is 0 Å². The maximum atomic E-state index is 13.7. The Hall–Kier alpha value is -0.480. The predicted octanol–water partition coefficient (Wildman–Crippen LogP) is 3.15. The molecule has 17 heavy (non-hydrogen) atoms. The third kappa shape index (κ3) is 3.26. The summed E-state index contributed by atoms with van der Waals surface area (Å²) >= 11 is 0. The topological polar surface area (TPSA) is 29.5 Å². The van der Waals surface area contributed by atoms with E-state index in [1.165, 1.54) is 0 Å². The Labute approximate surface area is 102 Å². The molecule has 2 nitrogen and oxygen atoms in total. The fourth-order valence-corrected chi connectivity index (χ4v) is 1.93. The Kier molecular flexibility index (Phi) is 3.99. The zero-order valence-corrected chi connectivity index (χ0v) is 10.8. The highest BCUT2D eigenvalue weighted by Crippen LogP contribution is 2.48. The van der Waals surface area contributed by atoms with E-state index in [-0.39, 0.29) is 24.9 Å². The van der Waals surface area contributed by atoms with Gasteiger partial charge in [-0.05, 0) is 17.9 Å². The summed E-state index contributed by atoms with van der Waals surface area (Å²) in [6.45, 7) is 9.52. The molecule has 1 saturated carbocycles. The average Bonchev–Trinajstić information content (AvgIpc) is 2.12. The summed E-state index contributed by atoms with van der Waals surface area (Å²) < 4.78 is 32.8. The van der Waals surface area contributed by atoms with E-state index >= 15 is 0 Å². The SMILES string of the molecule is C=CC(F)(F)C1(OCCC(C)(C)C)CC(O)C1. The van der Waals surface area contributed by atoms with Gasteiger partial charge in [0.25, 0.3) is 5.92 Å². The minimum atomic E-state index is -3.08. The molecule has 0 aromatic carbocycles. The number of aliphatic hydroxyl groups is 1. The van der Waals surface area contributed by atoms with Gasteiger partial charge in [0.1, 0.15) is 5.60 Å². The molecule has 0 aromatic rings. The molecule has 0 amide bonds. The van der Waals surface area contributed by atoms with Gasteiger partial charge in [-0.25, -0.2) is 0 Å². The summed E-state index contributed by atoms with van der Waals surface area (Å²) in [5.41, 5.74) is -1.49. The van der Waals surface area contributed by atoms with Crippen LogP contribution in [0.3, 0.4) is 0 Å². The third-order valence-electron chi connectivity index (χ3n) is 3.22. The van der Waals surface area contributed by atoms with E-state index in [9.17, 15) is 13.9 Å². The highest BCUT2D eigenvalue weighted by molar-refractivity contribution is 5.12. The first kappa shape index (κ1) is 14.6. The fraction of sp³-hybridized carbons (Fsp3) is 0.846. The van der Waals surface area contributed by atoms with Crippen LogP contribution in [0.4, 0.5) is 8.78 Å². The summed E-state index contributed by atoms with van der Waals surface area (Å²) in [5.74, 6) is -3.08. The molecule has 1 rings (SSSR count). The molecule has 1 N–H and O–H groups in total. The van der Waals surface area contributed by atoms with Gasteiger partial charge in [-0.2, -0.15) is 8.78 Å². The Morgan fingerprint density at radius 2 is 1.94 bits per heavy atom. The molecule has 0 bridgehead atoms. The molecule has 100 valence electrons. The van der Waals surface area contributed by atoms with Crippen LogP contribution < -0.4 is 0 Å². The normalized spacial score (nSPS) is 29.9. The van der Waals surface area contributed by atoms with E-state index in [2.05, 4.69) is 6.58 Å². The molecule has 0 aliphatic heterocycles. The maximum absolute atomic E-state index is 13.7. The first-order chi connectivity index (χ1) is 7.62. The second-order valence-corrected chi connectivity index (χ2v) is 6.04. The average molecular weight is 248 g/mol. The van der Waals surface area contributed by atoms with Crippen molar-refractivity contribution in [2.24, 2.45) is 5.41 Å². The second kappa shape index (κ2) is 4.65. The van der Waals surface area contributed by atoms with Crippen molar-refractivity contribution < 1.29 is 18.6 Å². The lowest BCUT2D eigenvalue weighted by Gasteiger charge is -2.48. The Balaban J connectivity index is 2.59. The number of ether oxygens (including phenoxy) is 1. The minimum absolute atomic E-state index is 0.0177. The van der Waals surface area contributed by atoms with Crippen molar-refractivity contribution in [3.8, 4) is 0 Å². The number of halogens is 2. The summed E-state index contributed by atoms with van der Waals surface area (Å²) in [6, 6.07) is 0. The highest BCUT2D eigenvalue weighted by Gasteiger charge is 2.60. The third-order valence-corrected chi connectivity index (χ3v) is 3.22. The van der Waals surface area contributed by atoms with Gasteiger partial charge in [0.15, 0.2) is 0 Å². The monoisotopic (exact) mass is 248 g/mol. The number of aliphatic hydroxyl groups excluding tert-OH is 1. The molecule has 1 fully saturated rings. The molecule has 0 saturated heterocycles. The van der Waals surface area contributed by atoms with Crippen LogP contribution in [0, 0.1) is 5.41 Å². The van der Waals surface area contributed by atoms with Crippen molar-refractivity contribution in [1.29, 1.82) is 0 Å². The lowest BCUT2D eigenvalue weighted by atomic mass is 9.72. The van der Waals surface area contributed by atoms with Crippen LogP contribution in [0.5, 0.6) is 0 Å². The van der Waals surface area contributed by atoms with Crippen molar-refractivity contribution in [3.63, 3.8) is 0 Å². The van der Waals surface area contributed by atoms with Crippen molar-refractivity contribution in [2.75, 3.05) is 6.61 Å². The van der Waals surface area contributed by atoms with E-state index in [1.807, 2.05) is 20.8 Å². The Bertz CT molecular complexity index is 276. The van der Waals surface area contributed by atoms with Gasteiger partial charge in [0.05, 0.1) is 6.10 Å². The van der Waals surface area contributed by atoms with Crippen LogP contribution in [0.2, 0.25) is 0 Å². The van der Waals surface area contributed by atoms with Gasteiger partial charge < -0.3 is 9.84 Å². The second-order valence-electron chi connectivity index (χ2n) is 6.04. The standard InChI is InChI=1S/C13H22F2O2/c1-5-13(14,15)12(8-10(16)9-12)17-7-6-11(2,3)4/h5,10,16H,1,6-9H2,2-4H3. The molecule has 0 spiro atoms. The van der Waals surface area contributed by atoms with E-state index in [4.69, 9.17) is 4.74 Å². The van der Waals surface area contributed by atoms with Crippen molar-refractivity contribution in [1.82, 2.24) is 0 Å². The predicted molar refractivity (Wildman–Crippen MR) is 63.1 cm³/mol. The molecule has 0 heterocycles. The Morgan fingerprint density at radius 1 is 1.41 bits per heavy atom. The number of hydrogen-bond donors (Lipinski definition) is 1. The molecule has 1 aliphatic rings. The maximum Gasteiger partial charge on any atom is 0.294 e. The molecule has 0 atom stereocenters. The number of rotatable bonds is 5. The van der Waals surface area contributed by atoms with Crippen molar-refractivity contribution in [2.45, 2.75) is 57.7 Å². The zero-order valence-electron chi connectivity index (χ0n) is 10.8. The summed E-state index contributed by atoms with van der Waals surface area (Å²) in [4.78, 5) is 0. The van der Waals surface area contributed by atoms with Crippen molar-refractivity contribution in [3.05, 3.63) is 12.7 Å². The Morgan fingerprint density at radius 3 is 2.29 bits per heavy atom. The molecule has 4 heteroatoms. The molecule has 0 unspecified atom stereocenters. The quantitative estimate of drug-likeness (QED) is 0.757. The molecular weight excluding hydrogens is 226 g/mol. The molecule has 0 aromatic heterocycles. The lowest BCUT2D eigenvalue weighted by molar-refractivity contribution is -0.253. The van der Waals surface area contributed by atoms with Crippen LogP contribution >= 0.6 is 0 Å². The van der Waals surface area contributed by atoms with Gasteiger partial charge in [0, 0.05) is 19.4 Å². The van der Waals surface area contributed by atoms with Crippen LogP contribution in [-0.4, -0.2) is 29.3 Å². The van der Waals surface area contributed by atoms with Gasteiger partial charge in [-0.1, -0.05) is 27.4 Å². The van der Waals surface area contributed by atoms with Gasteiger partial charge in [-0.3, -0.25) is 0 Å². The smallest absolute Gasteiger partial charge is 0.294 e. The van der Waals surface area contributed by atoms with E-state index in [0.29, 0.717) is 12.5 Å². The molecule has 1 aliphatic carbocycles. The first-order valence-corrected chi connectivity index (χ1v) is 5.95. The fourth-order valence-electron chi connectivity index (χ4n) is 1.93. The number of hydrogen-bond acceptors (Lipinski definition) is 2. The summed E-state index contributed by atoms with van der Waals surface area (Å²) in [7, 11) is 0. The molecular formula is C13H22F2O2. The first-order valence-electron chi connectivity index (χ1n) is 5.95. The zero-order chi connectivity index (χ0) is 13.3. The van der Waals surface area contributed by atoms with E-state index in [0.717, 1.165) is 0 Å². The van der Waals surface area contributed by atoms with Crippen LogP contribution in [-0.2, 0) is 4.74 Å². The van der Waals surface area contributed by atoms with Gasteiger partial charge in [-0.15, -0.1) is 0 Å². The van der Waals surface area contributed by atoms with Gasteiger partial charge in [0.2, 0.25) is 0 Å². The minimum Gasteiger partial charge on any atom is -0.393 e. The molecule has 0 radical (unpaired) electrons. The highest BCUT2D eigenvalue weighted by atomic mass is 19.3. The van der Waals surface area contributed by atoms with Crippen LogP contribution in [0.1, 0.15) is 40.0 Å². The lowest BCUT2D eigenvalue weighted by Crippen LogP contribution is -2.60. The van der Waals surface area contributed by atoms with E-state index in [1.54, 1.807) is 0 Å². The summed E-state index contributed by atoms with van der Waals surface area (Å²) in [6.07, 6.45) is 0.607. The largest absolute Gasteiger partial charge is 0.393 e.